The second-order valence-electron chi connectivity index (χ2n) is 9.46. The van der Waals surface area contributed by atoms with Crippen LogP contribution in [0.25, 0.3) is 22.3 Å². The van der Waals surface area contributed by atoms with E-state index in [0.717, 1.165) is 12.8 Å². The second-order valence-corrected chi connectivity index (χ2v) is 9.46. The van der Waals surface area contributed by atoms with Crippen LogP contribution in [0.4, 0.5) is 8.78 Å². The molecule has 2 amide bonds. The minimum atomic E-state index is -1.35. The van der Waals surface area contributed by atoms with Gasteiger partial charge >= 0.3 is 0 Å². The molecule has 0 spiro atoms. The summed E-state index contributed by atoms with van der Waals surface area (Å²) in [5.74, 6) is -0.565. The van der Waals surface area contributed by atoms with Crippen molar-refractivity contribution in [2.75, 3.05) is 13.2 Å². The number of aromatic nitrogens is 3. The van der Waals surface area contributed by atoms with Gasteiger partial charge in [-0.3, -0.25) is 9.59 Å². The van der Waals surface area contributed by atoms with Crippen LogP contribution in [-0.2, 0) is 4.79 Å². The third-order valence-electron chi connectivity index (χ3n) is 6.68. The van der Waals surface area contributed by atoms with Crippen molar-refractivity contribution in [1.82, 2.24) is 25.6 Å². The van der Waals surface area contributed by atoms with Crippen LogP contribution in [0, 0.1) is 18.7 Å². The van der Waals surface area contributed by atoms with Gasteiger partial charge in [0.2, 0.25) is 5.91 Å². The first-order chi connectivity index (χ1) is 17.3. The monoisotopic (exact) mass is 499 g/mol. The van der Waals surface area contributed by atoms with Crippen LogP contribution in [-0.4, -0.2) is 63.3 Å². The number of hydrogen-bond acceptors (Lipinski definition) is 6. The predicted octanol–water partition coefficient (Wildman–Crippen LogP) is 2.57. The number of aliphatic hydroxyl groups is 1. The van der Waals surface area contributed by atoms with Gasteiger partial charge in [-0.25, -0.2) is 18.7 Å². The van der Waals surface area contributed by atoms with Crippen LogP contribution < -0.4 is 15.4 Å². The summed E-state index contributed by atoms with van der Waals surface area (Å²) < 4.78 is 34.7. The smallest absolute Gasteiger partial charge is 0.255 e. The van der Waals surface area contributed by atoms with E-state index in [-0.39, 0.29) is 18.4 Å². The normalized spacial score (nSPS) is 21.5. The van der Waals surface area contributed by atoms with E-state index in [4.69, 9.17) is 9.84 Å². The number of alkyl halides is 1. The van der Waals surface area contributed by atoms with Crippen LogP contribution in [0.2, 0.25) is 0 Å². The van der Waals surface area contributed by atoms with E-state index in [1.807, 2.05) is 0 Å². The Hall–Kier alpha value is -3.60. The largest absolute Gasteiger partial charge is 0.493 e. The van der Waals surface area contributed by atoms with Crippen LogP contribution in [0.1, 0.15) is 41.7 Å². The topological polar surface area (TPSA) is 129 Å². The molecule has 0 aliphatic heterocycles. The molecule has 11 heteroatoms. The molecule has 190 valence electrons. The first-order valence-corrected chi connectivity index (χ1v) is 11.9. The molecule has 36 heavy (non-hydrogen) atoms. The number of rotatable bonds is 8. The Morgan fingerprint density at radius 1 is 1.22 bits per heavy atom. The molecule has 9 nitrogen and oxygen atoms in total. The van der Waals surface area contributed by atoms with Crippen LogP contribution in [0.5, 0.6) is 5.75 Å². The Bertz CT molecular complexity index is 1310. The van der Waals surface area contributed by atoms with Gasteiger partial charge < -0.3 is 25.5 Å². The van der Waals surface area contributed by atoms with Crippen molar-refractivity contribution in [3.8, 4) is 17.0 Å². The summed E-state index contributed by atoms with van der Waals surface area (Å²) in [6, 6.07) is 2.95. The molecule has 2 fully saturated rings. The maximum atomic E-state index is 14.6. The number of ether oxygens (including phenoxy) is 1. The van der Waals surface area contributed by atoms with Gasteiger partial charge in [0.25, 0.3) is 5.91 Å². The summed E-state index contributed by atoms with van der Waals surface area (Å²) in [6.07, 6.45) is 2.40. The second kappa shape index (κ2) is 9.81. The lowest BCUT2D eigenvalue weighted by Crippen LogP contribution is -2.40. The number of nitrogens with zero attached hydrogens (tertiary/aromatic N) is 2. The minimum absolute atomic E-state index is 0.0408. The number of fused-ring (bicyclic) bond motifs is 1. The van der Waals surface area contributed by atoms with Crippen molar-refractivity contribution in [2.24, 2.45) is 5.92 Å². The average molecular weight is 500 g/mol. The number of benzene rings is 1. The first-order valence-electron chi connectivity index (χ1n) is 11.9. The van der Waals surface area contributed by atoms with Gasteiger partial charge in [-0.15, -0.1) is 0 Å². The number of aliphatic hydroxyl groups excluding tert-OH is 1. The van der Waals surface area contributed by atoms with E-state index in [9.17, 15) is 18.4 Å². The van der Waals surface area contributed by atoms with Crippen molar-refractivity contribution in [1.29, 1.82) is 0 Å². The molecule has 2 aromatic heterocycles. The van der Waals surface area contributed by atoms with Crippen molar-refractivity contribution >= 4 is 22.8 Å². The number of amides is 2. The molecular weight excluding hydrogens is 472 g/mol. The number of carbonyl (C=O) groups is 2. The number of aryl methyl sites for hydroxylation is 1. The number of hydrogen-bond donors (Lipinski definition) is 4. The van der Waals surface area contributed by atoms with E-state index in [1.165, 1.54) is 18.5 Å². The fourth-order valence-electron chi connectivity index (χ4n) is 4.68. The molecule has 2 saturated carbocycles. The van der Waals surface area contributed by atoms with Crippen LogP contribution in [0.3, 0.4) is 0 Å². The van der Waals surface area contributed by atoms with E-state index in [1.54, 1.807) is 13.0 Å². The van der Waals surface area contributed by atoms with E-state index < -0.39 is 42.5 Å². The number of H-pyrrole nitrogens is 1. The van der Waals surface area contributed by atoms with Crippen molar-refractivity contribution < 1.29 is 28.2 Å². The zero-order chi connectivity index (χ0) is 25.4. The zero-order valence-corrected chi connectivity index (χ0v) is 19.7. The molecule has 3 atom stereocenters. The maximum absolute atomic E-state index is 14.6. The molecule has 0 unspecified atom stereocenters. The van der Waals surface area contributed by atoms with Gasteiger partial charge in [-0.05, 0) is 50.3 Å². The number of carbonyl (C=O) groups excluding carboxylic acids is 2. The Labute approximate surface area is 205 Å². The maximum Gasteiger partial charge on any atom is 0.255 e. The SMILES string of the molecule is Cc1[nH]c2c(-c3cc(F)ccc3OCC3CC3)ncnc2c1C(=O)N[C@@H]1C[C@@H](NC(=O)CO)C[C@H]1F. The highest BCUT2D eigenvalue weighted by molar-refractivity contribution is 6.09. The van der Waals surface area contributed by atoms with Gasteiger partial charge in [0.05, 0.1) is 23.7 Å². The summed E-state index contributed by atoms with van der Waals surface area (Å²) in [7, 11) is 0. The van der Waals surface area contributed by atoms with Crippen LogP contribution >= 0.6 is 0 Å². The average Bonchev–Trinajstić information content (AvgIpc) is 3.53. The Morgan fingerprint density at radius 3 is 2.78 bits per heavy atom. The molecule has 0 saturated heterocycles. The lowest BCUT2D eigenvalue weighted by Gasteiger charge is -2.15. The molecule has 0 radical (unpaired) electrons. The molecule has 1 aromatic carbocycles. The molecule has 2 heterocycles. The fraction of sp³-hybridized carbons (Fsp3) is 0.440. The fourth-order valence-corrected chi connectivity index (χ4v) is 4.68. The van der Waals surface area contributed by atoms with E-state index in [0.29, 0.717) is 46.3 Å². The molecule has 3 aromatic rings. The predicted molar refractivity (Wildman–Crippen MR) is 127 cm³/mol. The molecule has 2 aliphatic rings. The van der Waals surface area contributed by atoms with Crippen molar-refractivity contribution in [3.63, 3.8) is 0 Å². The summed E-state index contributed by atoms with van der Waals surface area (Å²) >= 11 is 0. The van der Waals surface area contributed by atoms with Crippen LogP contribution in [0.15, 0.2) is 24.5 Å². The lowest BCUT2D eigenvalue weighted by molar-refractivity contribution is -0.124. The number of aromatic amines is 1. The van der Waals surface area contributed by atoms with E-state index in [2.05, 4.69) is 25.6 Å². The highest BCUT2D eigenvalue weighted by Gasteiger charge is 2.37. The van der Waals surface area contributed by atoms with Gasteiger partial charge in [0.1, 0.15) is 41.9 Å². The van der Waals surface area contributed by atoms with Crippen molar-refractivity contribution in [2.45, 2.75) is 50.9 Å². The standard InChI is InChI=1S/C25H27F2N5O4/c1-12-21(25(35)32-18-8-15(7-17(18)27)31-20(34)9-33)23-24(30-12)22(28-11-29-23)16-6-14(26)4-5-19(16)36-10-13-2-3-13/h4-6,11,13,15,17-18,30,33H,2-3,7-10H2,1H3,(H,31,34)(H,32,35)/t15-,17+,18+/m0/s1. The highest BCUT2D eigenvalue weighted by Crippen LogP contribution is 2.37. The first kappa shape index (κ1) is 24.1. The third kappa shape index (κ3) is 4.88. The molecule has 2 aliphatic carbocycles. The third-order valence-corrected chi connectivity index (χ3v) is 6.68. The highest BCUT2D eigenvalue weighted by atomic mass is 19.1. The lowest BCUT2D eigenvalue weighted by atomic mass is 10.1. The Kier molecular flexibility index (Phi) is 6.57. The zero-order valence-electron chi connectivity index (χ0n) is 19.7. The molecule has 5 rings (SSSR count). The summed E-state index contributed by atoms with van der Waals surface area (Å²) in [6.45, 7) is 1.55. The summed E-state index contributed by atoms with van der Waals surface area (Å²) in [4.78, 5) is 36.4. The Balaban J connectivity index is 1.42. The minimum Gasteiger partial charge on any atom is -0.493 e. The van der Waals surface area contributed by atoms with Gasteiger partial charge in [-0.1, -0.05) is 0 Å². The molecule has 0 bridgehead atoms. The van der Waals surface area contributed by atoms with Gasteiger partial charge in [0.15, 0.2) is 0 Å². The van der Waals surface area contributed by atoms with Gasteiger partial charge in [0, 0.05) is 23.7 Å². The molecule has 4 N–H and O–H groups in total. The van der Waals surface area contributed by atoms with Gasteiger partial charge in [-0.2, -0.15) is 0 Å². The Morgan fingerprint density at radius 2 is 2.03 bits per heavy atom. The quantitative estimate of drug-likeness (QED) is 0.377. The van der Waals surface area contributed by atoms with Crippen molar-refractivity contribution in [3.05, 3.63) is 41.6 Å². The number of halogens is 2. The summed E-state index contributed by atoms with van der Waals surface area (Å²) in [5.41, 5.74) is 2.34. The number of nitrogens with one attached hydrogen (secondary N) is 3. The summed E-state index contributed by atoms with van der Waals surface area (Å²) in [5, 5.41) is 14.2. The van der Waals surface area contributed by atoms with E-state index >= 15 is 0 Å². The molecular formula is C25H27F2N5O4.